The summed E-state index contributed by atoms with van der Waals surface area (Å²) in [4.78, 5) is 24.8. The topological polar surface area (TPSA) is 52.6 Å². The fourth-order valence-corrected chi connectivity index (χ4v) is 2.44. The van der Waals surface area contributed by atoms with E-state index in [-0.39, 0.29) is 5.41 Å². The Morgan fingerprint density at radius 1 is 1.04 bits per heavy atom. The molecule has 4 heteroatoms. The standard InChI is InChI=1S/C21H28O4/c1-6-21(19(23)24-7-2,16-12-11-15-20(3,4)5)25-18(22)17-13-9-8-10-14-17/h6-10,13-14H,1-2,11-12,15-16H2,3-5H3. The van der Waals surface area contributed by atoms with Crippen molar-refractivity contribution >= 4 is 11.9 Å². The molecule has 136 valence electrons. The third-order valence-corrected chi connectivity index (χ3v) is 3.87. The minimum atomic E-state index is -1.51. The van der Waals surface area contributed by atoms with Gasteiger partial charge in [-0.05, 0) is 36.5 Å². The van der Waals surface area contributed by atoms with Gasteiger partial charge in [0, 0.05) is 6.42 Å². The Morgan fingerprint density at radius 2 is 1.64 bits per heavy atom. The zero-order valence-corrected chi connectivity index (χ0v) is 15.4. The van der Waals surface area contributed by atoms with E-state index in [0.717, 1.165) is 19.1 Å². The smallest absolute Gasteiger partial charge is 0.359 e. The molecule has 0 spiro atoms. The Balaban J connectivity index is 2.90. The van der Waals surface area contributed by atoms with Gasteiger partial charge >= 0.3 is 11.9 Å². The monoisotopic (exact) mass is 344 g/mol. The number of carbonyl (C=O) groups excluding carboxylic acids is 2. The van der Waals surface area contributed by atoms with Crippen LogP contribution in [0.15, 0.2) is 55.8 Å². The maximum Gasteiger partial charge on any atom is 0.359 e. The van der Waals surface area contributed by atoms with E-state index in [1.54, 1.807) is 30.3 Å². The van der Waals surface area contributed by atoms with Crippen molar-refractivity contribution in [3.63, 3.8) is 0 Å². The van der Waals surface area contributed by atoms with Gasteiger partial charge in [-0.15, -0.1) is 0 Å². The van der Waals surface area contributed by atoms with Crippen molar-refractivity contribution in [2.24, 2.45) is 5.41 Å². The predicted octanol–water partition coefficient (Wildman–Crippen LogP) is 5.06. The molecule has 0 aliphatic carbocycles. The number of benzene rings is 1. The first kappa shape index (κ1) is 20.7. The molecule has 25 heavy (non-hydrogen) atoms. The quantitative estimate of drug-likeness (QED) is 0.272. The number of carbonyl (C=O) groups is 2. The second kappa shape index (κ2) is 9.21. The highest BCUT2D eigenvalue weighted by Gasteiger charge is 2.41. The summed E-state index contributed by atoms with van der Waals surface area (Å²) in [6.45, 7) is 13.6. The van der Waals surface area contributed by atoms with Gasteiger partial charge in [0.1, 0.15) is 0 Å². The highest BCUT2D eigenvalue weighted by Crippen LogP contribution is 2.28. The van der Waals surface area contributed by atoms with Gasteiger partial charge in [0.2, 0.25) is 5.60 Å². The summed E-state index contributed by atoms with van der Waals surface area (Å²) in [7, 11) is 0. The molecule has 0 N–H and O–H groups in total. The van der Waals surface area contributed by atoms with Crippen molar-refractivity contribution in [2.75, 3.05) is 0 Å². The highest BCUT2D eigenvalue weighted by atomic mass is 16.6. The number of hydrogen-bond acceptors (Lipinski definition) is 4. The van der Waals surface area contributed by atoms with Crippen molar-refractivity contribution in [1.82, 2.24) is 0 Å². The van der Waals surface area contributed by atoms with Crippen LogP contribution in [0.3, 0.4) is 0 Å². The van der Waals surface area contributed by atoms with E-state index >= 15 is 0 Å². The molecular weight excluding hydrogens is 316 g/mol. The summed E-state index contributed by atoms with van der Waals surface area (Å²) in [6.07, 6.45) is 5.31. The van der Waals surface area contributed by atoms with Gasteiger partial charge in [0.25, 0.3) is 0 Å². The largest absolute Gasteiger partial charge is 0.439 e. The van der Waals surface area contributed by atoms with Gasteiger partial charge in [-0.2, -0.15) is 0 Å². The first-order chi connectivity index (χ1) is 11.7. The van der Waals surface area contributed by atoms with Crippen LogP contribution in [0, 0.1) is 5.41 Å². The minimum absolute atomic E-state index is 0.208. The SMILES string of the molecule is C=COC(=O)C(C=C)(CCCCC(C)(C)C)OC(=O)c1ccccc1. The first-order valence-corrected chi connectivity index (χ1v) is 8.48. The summed E-state index contributed by atoms with van der Waals surface area (Å²) in [5, 5.41) is 0. The van der Waals surface area contributed by atoms with Crippen LogP contribution in [-0.4, -0.2) is 17.5 Å². The van der Waals surface area contributed by atoms with Gasteiger partial charge in [-0.25, -0.2) is 9.59 Å². The molecule has 1 rings (SSSR count). The Bertz CT molecular complexity index is 598. The number of ether oxygens (including phenoxy) is 2. The lowest BCUT2D eigenvalue weighted by Gasteiger charge is -2.28. The molecule has 0 aliphatic heterocycles. The fraction of sp³-hybridized carbons (Fsp3) is 0.429. The van der Waals surface area contributed by atoms with E-state index in [1.165, 1.54) is 6.08 Å². The second-order valence-corrected chi connectivity index (χ2v) is 7.19. The number of rotatable bonds is 9. The maximum atomic E-state index is 12.4. The number of unbranched alkanes of at least 4 members (excludes halogenated alkanes) is 1. The average Bonchev–Trinajstić information content (AvgIpc) is 2.57. The lowest BCUT2D eigenvalue weighted by Crippen LogP contribution is -2.42. The Morgan fingerprint density at radius 3 is 2.16 bits per heavy atom. The molecular formula is C21H28O4. The fourth-order valence-electron chi connectivity index (χ4n) is 2.44. The average molecular weight is 344 g/mol. The van der Waals surface area contributed by atoms with Crippen LogP contribution in [0.4, 0.5) is 0 Å². The van der Waals surface area contributed by atoms with Crippen LogP contribution < -0.4 is 0 Å². The summed E-state index contributed by atoms with van der Waals surface area (Å²) in [5.41, 5.74) is -0.937. The summed E-state index contributed by atoms with van der Waals surface area (Å²) >= 11 is 0. The van der Waals surface area contributed by atoms with Crippen LogP contribution in [0.25, 0.3) is 0 Å². The van der Waals surface area contributed by atoms with Crippen LogP contribution in [0.1, 0.15) is 56.8 Å². The lowest BCUT2D eigenvalue weighted by molar-refractivity contribution is -0.155. The highest BCUT2D eigenvalue weighted by molar-refractivity contribution is 5.93. The summed E-state index contributed by atoms with van der Waals surface area (Å²) < 4.78 is 10.5. The van der Waals surface area contributed by atoms with Crippen molar-refractivity contribution in [1.29, 1.82) is 0 Å². The first-order valence-electron chi connectivity index (χ1n) is 8.48. The molecule has 0 saturated heterocycles. The van der Waals surface area contributed by atoms with E-state index in [4.69, 9.17) is 9.47 Å². The minimum Gasteiger partial charge on any atom is -0.439 e. The molecule has 0 fully saturated rings. The molecule has 4 nitrogen and oxygen atoms in total. The molecule has 0 aromatic heterocycles. The second-order valence-electron chi connectivity index (χ2n) is 7.19. The van der Waals surface area contributed by atoms with Crippen LogP contribution in [-0.2, 0) is 14.3 Å². The molecule has 0 heterocycles. The van der Waals surface area contributed by atoms with E-state index in [9.17, 15) is 9.59 Å². The number of esters is 2. The third kappa shape index (κ3) is 6.57. The Hall–Kier alpha value is -2.36. The van der Waals surface area contributed by atoms with E-state index in [0.29, 0.717) is 18.4 Å². The van der Waals surface area contributed by atoms with Crippen LogP contribution >= 0.6 is 0 Å². The normalized spacial score (nSPS) is 13.4. The van der Waals surface area contributed by atoms with Gasteiger partial charge < -0.3 is 9.47 Å². The van der Waals surface area contributed by atoms with E-state index in [1.807, 2.05) is 0 Å². The van der Waals surface area contributed by atoms with E-state index in [2.05, 4.69) is 33.9 Å². The molecule has 1 aromatic rings. The van der Waals surface area contributed by atoms with Gasteiger partial charge in [-0.3, -0.25) is 0 Å². The Labute approximate surface area is 150 Å². The third-order valence-electron chi connectivity index (χ3n) is 3.87. The molecule has 0 bridgehead atoms. The number of hydrogen-bond donors (Lipinski definition) is 0. The maximum absolute atomic E-state index is 12.4. The summed E-state index contributed by atoms with van der Waals surface area (Å²) in [5.74, 6) is -1.27. The lowest BCUT2D eigenvalue weighted by atomic mass is 9.87. The molecule has 1 atom stereocenters. The van der Waals surface area contributed by atoms with E-state index < -0.39 is 17.5 Å². The predicted molar refractivity (Wildman–Crippen MR) is 99.0 cm³/mol. The Kier molecular flexibility index (Phi) is 7.62. The molecule has 0 radical (unpaired) electrons. The molecule has 0 amide bonds. The van der Waals surface area contributed by atoms with Crippen molar-refractivity contribution in [2.45, 2.75) is 52.1 Å². The van der Waals surface area contributed by atoms with Crippen molar-refractivity contribution < 1.29 is 19.1 Å². The van der Waals surface area contributed by atoms with Gasteiger partial charge in [0.05, 0.1) is 11.8 Å². The zero-order chi connectivity index (χ0) is 18.9. The van der Waals surface area contributed by atoms with Crippen LogP contribution in [0.5, 0.6) is 0 Å². The molecule has 0 saturated carbocycles. The van der Waals surface area contributed by atoms with Crippen LogP contribution in [0.2, 0.25) is 0 Å². The molecule has 0 aliphatic rings. The molecule has 1 unspecified atom stereocenters. The zero-order valence-electron chi connectivity index (χ0n) is 15.4. The van der Waals surface area contributed by atoms with Gasteiger partial charge in [-0.1, -0.05) is 58.5 Å². The van der Waals surface area contributed by atoms with Gasteiger partial charge in [0.15, 0.2) is 0 Å². The molecule has 1 aromatic carbocycles. The summed E-state index contributed by atoms with van der Waals surface area (Å²) in [6, 6.07) is 8.54. The van der Waals surface area contributed by atoms with Crippen molar-refractivity contribution in [3.8, 4) is 0 Å². The van der Waals surface area contributed by atoms with Crippen molar-refractivity contribution in [3.05, 3.63) is 61.4 Å².